The molecule has 5 nitrogen and oxygen atoms in total. The molecule has 0 bridgehead atoms. The Balaban J connectivity index is 1.33. The number of H-pyrrole nitrogens is 1. The lowest BCUT2D eigenvalue weighted by Gasteiger charge is -2.08. The molecule has 0 atom stereocenters. The van der Waals surface area contributed by atoms with Gasteiger partial charge in [0.1, 0.15) is 11.6 Å². The maximum atomic E-state index is 13.0. The van der Waals surface area contributed by atoms with Gasteiger partial charge in [0.2, 0.25) is 5.95 Å². The van der Waals surface area contributed by atoms with E-state index in [4.69, 9.17) is 0 Å². The van der Waals surface area contributed by atoms with Gasteiger partial charge in [0, 0.05) is 36.4 Å². The van der Waals surface area contributed by atoms with Gasteiger partial charge in [0.25, 0.3) is 0 Å². The predicted molar refractivity (Wildman–Crippen MR) is 106 cm³/mol. The Morgan fingerprint density at radius 3 is 2.70 bits per heavy atom. The second kappa shape index (κ2) is 7.86. The van der Waals surface area contributed by atoms with Gasteiger partial charge >= 0.3 is 0 Å². The van der Waals surface area contributed by atoms with E-state index in [1.807, 2.05) is 24.4 Å². The summed E-state index contributed by atoms with van der Waals surface area (Å²) in [4.78, 5) is 12.0. The van der Waals surface area contributed by atoms with Gasteiger partial charge in [-0.2, -0.15) is 4.98 Å². The van der Waals surface area contributed by atoms with Crippen LogP contribution in [0.5, 0.6) is 0 Å². The van der Waals surface area contributed by atoms with Gasteiger partial charge in [0.15, 0.2) is 0 Å². The number of fused-ring (bicyclic) bond motifs is 1. The molecule has 2 aromatic carbocycles. The number of nitrogens with one attached hydrogen (secondary N) is 3. The van der Waals surface area contributed by atoms with E-state index in [2.05, 4.69) is 37.7 Å². The molecule has 0 saturated heterocycles. The molecule has 6 heteroatoms. The van der Waals surface area contributed by atoms with E-state index >= 15 is 0 Å². The molecular formula is C21H20FN5. The zero-order valence-electron chi connectivity index (χ0n) is 14.7. The highest BCUT2D eigenvalue weighted by molar-refractivity contribution is 5.83. The summed E-state index contributed by atoms with van der Waals surface area (Å²) in [6.45, 7) is 1.31. The van der Waals surface area contributed by atoms with Crippen LogP contribution < -0.4 is 10.6 Å². The zero-order valence-corrected chi connectivity index (χ0v) is 14.7. The molecule has 0 spiro atoms. The number of rotatable bonds is 7. The SMILES string of the molecule is Fc1ccc(CNc2ccnc(NCCc3c[nH]c4ccccc34)n2)cc1. The molecule has 0 aliphatic carbocycles. The van der Waals surface area contributed by atoms with Crippen molar-refractivity contribution in [3.05, 3.63) is 83.9 Å². The van der Waals surface area contributed by atoms with Crippen LogP contribution in [-0.4, -0.2) is 21.5 Å². The number of aromatic nitrogens is 3. The maximum Gasteiger partial charge on any atom is 0.224 e. The second-order valence-electron chi connectivity index (χ2n) is 6.28. The molecule has 0 amide bonds. The fourth-order valence-electron chi connectivity index (χ4n) is 2.98. The van der Waals surface area contributed by atoms with E-state index in [1.54, 1.807) is 18.3 Å². The van der Waals surface area contributed by atoms with E-state index in [-0.39, 0.29) is 5.82 Å². The molecule has 0 radical (unpaired) electrons. The third kappa shape index (κ3) is 4.23. The zero-order chi connectivity index (χ0) is 18.5. The monoisotopic (exact) mass is 361 g/mol. The van der Waals surface area contributed by atoms with E-state index in [0.717, 1.165) is 29.9 Å². The Bertz CT molecular complexity index is 1030. The fourth-order valence-corrected chi connectivity index (χ4v) is 2.98. The van der Waals surface area contributed by atoms with Gasteiger partial charge in [-0.3, -0.25) is 0 Å². The summed E-state index contributed by atoms with van der Waals surface area (Å²) in [6, 6.07) is 16.5. The molecule has 3 N–H and O–H groups in total. The number of anilines is 2. The van der Waals surface area contributed by atoms with Gasteiger partial charge in [-0.25, -0.2) is 9.37 Å². The van der Waals surface area contributed by atoms with Crippen molar-refractivity contribution in [3.8, 4) is 0 Å². The number of benzene rings is 2. The topological polar surface area (TPSA) is 65.6 Å². The highest BCUT2D eigenvalue weighted by Crippen LogP contribution is 2.18. The summed E-state index contributed by atoms with van der Waals surface area (Å²) in [6.07, 6.45) is 4.64. The van der Waals surface area contributed by atoms with Gasteiger partial charge in [-0.05, 0) is 41.8 Å². The average Bonchev–Trinajstić information content (AvgIpc) is 3.11. The van der Waals surface area contributed by atoms with Gasteiger partial charge < -0.3 is 15.6 Å². The van der Waals surface area contributed by atoms with Crippen molar-refractivity contribution in [1.82, 2.24) is 15.0 Å². The highest BCUT2D eigenvalue weighted by atomic mass is 19.1. The van der Waals surface area contributed by atoms with Crippen LogP contribution in [0, 0.1) is 5.82 Å². The Hall–Kier alpha value is -3.41. The lowest BCUT2D eigenvalue weighted by Crippen LogP contribution is -2.09. The third-order valence-electron chi connectivity index (χ3n) is 4.39. The molecule has 2 heterocycles. The number of nitrogens with zero attached hydrogens (tertiary/aromatic N) is 2. The van der Waals surface area contributed by atoms with Gasteiger partial charge in [0.05, 0.1) is 0 Å². The molecule has 27 heavy (non-hydrogen) atoms. The highest BCUT2D eigenvalue weighted by Gasteiger charge is 2.04. The number of para-hydroxylation sites is 1. The van der Waals surface area contributed by atoms with E-state index < -0.39 is 0 Å². The van der Waals surface area contributed by atoms with Crippen molar-refractivity contribution in [3.63, 3.8) is 0 Å². The number of hydrogen-bond donors (Lipinski definition) is 3. The van der Waals surface area contributed by atoms with Crippen LogP contribution >= 0.6 is 0 Å². The first-order chi connectivity index (χ1) is 13.3. The van der Waals surface area contributed by atoms with Crippen LogP contribution in [0.3, 0.4) is 0 Å². The van der Waals surface area contributed by atoms with Crippen LogP contribution in [0.25, 0.3) is 10.9 Å². The summed E-state index contributed by atoms with van der Waals surface area (Å²) < 4.78 is 13.0. The van der Waals surface area contributed by atoms with E-state index in [0.29, 0.717) is 12.5 Å². The van der Waals surface area contributed by atoms with Crippen LogP contribution in [0.4, 0.5) is 16.2 Å². The van der Waals surface area contributed by atoms with Crippen molar-refractivity contribution >= 4 is 22.7 Å². The lowest BCUT2D eigenvalue weighted by atomic mass is 10.1. The Morgan fingerprint density at radius 1 is 0.963 bits per heavy atom. The lowest BCUT2D eigenvalue weighted by molar-refractivity contribution is 0.627. The first kappa shape index (κ1) is 17.0. The van der Waals surface area contributed by atoms with Crippen molar-refractivity contribution in [2.75, 3.05) is 17.2 Å². The summed E-state index contributed by atoms with van der Waals surface area (Å²) in [5, 5.41) is 7.74. The van der Waals surface area contributed by atoms with Crippen molar-refractivity contribution < 1.29 is 4.39 Å². The molecule has 4 rings (SSSR count). The summed E-state index contributed by atoms with van der Waals surface area (Å²) >= 11 is 0. The maximum absolute atomic E-state index is 13.0. The number of halogens is 1. The standard InChI is InChI=1S/C21H20FN5/c22-17-7-5-15(6-8-17)13-26-20-10-12-24-21(27-20)23-11-9-16-14-25-19-4-2-1-3-18(16)19/h1-8,10,12,14,25H,9,11,13H2,(H2,23,24,26,27). The molecule has 4 aromatic rings. The Labute approximate surface area is 156 Å². The largest absolute Gasteiger partial charge is 0.366 e. The molecule has 0 aliphatic heterocycles. The quantitative estimate of drug-likeness (QED) is 0.457. The van der Waals surface area contributed by atoms with Crippen LogP contribution in [0.1, 0.15) is 11.1 Å². The average molecular weight is 361 g/mol. The Morgan fingerprint density at radius 2 is 1.81 bits per heavy atom. The van der Waals surface area contributed by atoms with E-state index in [9.17, 15) is 4.39 Å². The predicted octanol–water partition coefficient (Wildman–Crippen LogP) is 4.36. The number of hydrogen-bond acceptors (Lipinski definition) is 4. The minimum Gasteiger partial charge on any atom is -0.366 e. The Kier molecular flexibility index (Phi) is 4.96. The summed E-state index contributed by atoms with van der Waals surface area (Å²) in [5.74, 6) is 1.07. The van der Waals surface area contributed by atoms with Crippen molar-refractivity contribution in [1.29, 1.82) is 0 Å². The smallest absolute Gasteiger partial charge is 0.224 e. The van der Waals surface area contributed by atoms with Gasteiger partial charge in [-0.15, -0.1) is 0 Å². The van der Waals surface area contributed by atoms with Crippen LogP contribution in [-0.2, 0) is 13.0 Å². The normalized spacial score (nSPS) is 10.9. The summed E-state index contributed by atoms with van der Waals surface area (Å²) in [5.41, 5.74) is 3.41. The molecule has 0 saturated carbocycles. The molecule has 0 fully saturated rings. The molecular weight excluding hydrogens is 341 g/mol. The first-order valence-electron chi connectivity index (χ1n) is 8.88. The molecule has 0 unspecified atom stereocenters. The van der Waals surface area contributed by atoms with Crippen molar-refractivity contribution in [2.24, 2.45) is 0 Å². The fraction of sp³-hybridized carbons (Fsp3) is 0.143. The second-order valence-corrected chi connectivity index (χ2v) is 6.28. The summed E-state index contributed by atoms with van der Waals surface area (Å²) in [7, 11) is 0. The molecule has 2 aromatic heterocycles. The molecule has 136 valence electrons. The first-order valence-corrected chi connectivity index (χ1v) is 8.88. The minimum atomic E-state index is -0.234. The number of aromatic amines is 1. The van der Waals surface area contributed by atoms with Crippen LogP contribution in [0.15, 0.2) is 67.0 Å². The van der Waals surface area contributed by atoms with Crippen LogP contribution in [0.2, 0.25) is 0 Å². The third-order valence-corrected chi connectivity index (χ3v) is 4.39. The molecule has 0 aliphatic rings. The van der Waals surface area contributed by atoms with E-state index in [1.165, 1.54) is 23.1 Å². The minimum absolute atomic E-state index is 0.234. The van der Waals surface area contributed by atoms with Gasteiger partial charge in [-0.1, -0.05) is 30.3 Å². The van der Waals surface area contributed by atoms with Crippen molar-refractivity contribution in [2.45, 2.75) is 13.0 Å².